The van der Waals surface area contributed by atoms with Crippen molar-refractivity contribution < 1.29 is 19.2 Å². The van der Waals surface area contributed by atoms with Crippen LogP contribution in [0.3, 0.4) is 0 Å². The molecular weight excluding hydrogens is 366 g/mol. The third-order valence-corrected chi connectivity index (χ3v) is 5.30. The number of piperazine rings is 1. The Morgan fingerprint density at radius 1 is 1.07 bits per heavy atom. The van der Waals surface area contributed by atoms with Gasteiger partial charge in [-0.05, 0) is 37.6 Å². The largest absolute Gasteiger partial charge is 0.462 e. The van der Waals surface area contributed by atoms with Crippen LogP contribution < -0.4 is 15.1 Å². The number of ether oxygens (including phenoxy) is 1. The molecule has 0 saturated carbocycles. The van der Waals surface area contributed by atoms with Crippen LogP contribution >= 0.6 is 0 Å². The number of esters is 1. The highest BCUT2D eigenvalue weighted by Gasteiger charge is 2.22. The van der Waals surface area contributed by atoms with Crippen LogP contribution in [0.5, 0.6) is 0 Å². The minimum Gasteiger partial charge on any atom is -0.462 e. The highest BCUT2D eigenvalue weighted by molar-refractivity contribution is 5.98. The Morgan fingerprint density at radius 2 is 1.79 bits per heavy atom. The van der Waals surface area contributed by atoms with E-state index in [1.165, 1.54) is 0 Å². The fourth-order valence-corrected chi connectivity index (χ4v) is 3.65. The SMILES string of the molecule is CCOC(=O)c1ccc(N2CC[NH+](CC)CC2)c(NC(=O)Cc2ccccc2)c1. The number of likely N-dealkylation sites (N-methyl/N-ethyl adjacent to an activating group) is 1. The molecule has 0 spiro atoms. The standard InChI is InChI=1S/C23H29N3O3/c1-3-25-12-14-26(15-13-25)21-11-10-19(23(28)29-4-2)17-20(21)24-22(27)16-18-8-6-5-7-9-18/h5-11,17H,3-4,12-16H2,1-2H3,(H,24,27)/p+1. The van der Waals surface area contributed by atoms with Crippen molar-refractivity contribution in [3.63, 3.8) is 0 Å². The number of nitrogens with zero attached hydrogens (tertiary/aromatic N) is 1. The Balaban J connectivity index is 1.81. The molecule has 3 rings (SSSR count). The van der Waals surface area contributed by atoms with E-state index >= 15 is 0 Å². The van der Waals surface area contributed by atoms with Crippen LogP contribution in [-0.2, 0) is 16.0 Å². The summed E-state index contributed by atoms with van der Waals surface area (Å²) in [5.41, 5.74) is 3.02. The molecule has 154 valence electrons. The molecule has 29 heavy (non-hydrogen) atoms. The van der Waals surface area contributed by atoms with Crippen molar-refractivity contribution in [1.29, 1.82) is 0 Å². The molecule has 2 aromatic rings. The number of amides is 1. The lowest BCUT2D eigenvalue weighted by Gasteiger charge is -2.34. The predicted octanol–water partition coefficient (Wildman–Crippen LogP) is 1.77. The van der Waals surface area contributed by atoms with Gasteiger partial charge in [0, 0.05) is 0 Å². The number of nitrogens with one attached hydrogen (secondary N) is 2. The number of carbonyl (C=O) groups excluding carboxylic acids is 2. The van der Waals surface area contributed by atoms with Gasteiger partial charge in [-0.2, -0.15) is 0 Å². The molecule has 1 saturated heterocycles. The molecule has 0 aromatic heterocycles. The van der Waals surface area contributed by atoms with Crippen LogP contribution in [0.1, 0.15) is 29.8 Å². The van der Waals surface area contributed by atoms with E-state index in [1.807, 2.05) is 36.4 Å². The lowest BCUT2D eigenvalue weighted by Crippen LogP contribution is -3.14. The summed E-state index contributed by atoms with van der Waals surface area (Å²) in [6, 6.07) is 15.1. The molecule has 6 nitrogen and oxygen atoms in total. The summed E-state index contributed by atoms with van der Waals surface area (Å²) in [6.07, 6.45) is 0.289. The van der Waals surface area contributed by atoms with Crippen LogP contribution in [0.2, 0.25) is 0 Å². The van der Waals surface area contributed by atoms with Gasteiger partial charge in [0.2, 0.25) is 5.91 Å². The van der Waals surface area contributed by atoms with Gasteiger partial charge in [0.25, 0.3) is 0 Å². The van der Waals surface area contributed by atoms with Gasteiger partial charge in [-0.15, -0.1) is 0 Å². The normalized spacial score (nSPS) is 14.5. The van der Waals surface area contributed by atoms with E-state index in [9.17, 15) is 9.59 Å². The molecule has 1 heterocycles. The van der Waals surface area contributed by atoms with Crippen LogP contribution in [0.25, 0.3) is 0 Å². The van der Waals surface area contributed by atoms with Crippen molar-refractivity contribution in [2.45, 2.75) is 20.3 Å². The third kappa shape index (κ3) is 5.57. The van der Waals surface area contributed by atoms with Crippen LogP contribution in [0.15, 0.2) is 48.5 Å². The smallest absolute Gasteiger partial charge is 0.338 e. The molecule has 2 aromatic carbocycles. The minimum absolute atomic E-state index is 0.101. The van der Waals surface area contributed by atoms with Gasteiger partial charge in [-0.1, -0.05) is 30.3 Å². The summed E-state index contributed by atoms with van der Waals surface area (Å²) >= 11 is 0. The van der Waals surface area contributed by atoms with Crippen molar-refractivity contribution in [1.82, 2.24) is 0 Å². The summed E-state index contributed by atoms with van der Waals surface area (Å²) in [5, 5.41) is 3.02. The van der Waals surface area contributed by atoms with E-state index in [0.717, 1.165) is 44.0 Å². The van der Waals surface area contributed by atoms with Crippen molar-refractivity contribution in [3.8, 4) is 0 Å². The number of benzene rings is 2. The fraction of sp³-hybridized carbons (Fsp3) is 0.391. The Hall–Kier alpha value is -2.86. The van der Waals surface area contributed by atoms with Crippen molar-refractivity contribution in [3.05, 3.63) is 59.7 Å². The predicted molar refractivity (Wildman–Crippen MR) is 115 cm³/mol. The second kappa shape index (κ2) is 10.1. The Morgan fingerprint density at radius 3 is 2.45 bits per heavy atom. The van der Waals surface area contributed by atoms with E-state index < -0.39 is 0 Å². The van der Waals surface area contributed by atoms with Gasteiger partial charge >= 0.3 is 5.97 Å². The monoisotopic (exact) mass is 396 g/mol. The molecule has 1 fully saturated rings. The molecule has 0 bridgehead atoms. The number of hydrogen-bond acceptors (Lipinski definition) is 4. The molecule has 6 heteroatoms. The molecule has 0 aliphatic carbocycles. The van der Waals surface area contributed by atoms with Crippen molar-refractivity contribution in [2.24, 2.45) is 0 Å². The first-order valence-electron chi connectivity index (χ1n) is 10.3. The summed E-state index contributed by atoms with van der Waals surface area (Å²) in [4.78, 5) is 28.7. The molecular formula is C23H30N3O3+. The topological polar surface area (TPSA) is 63.1 Å². The van der Waals surface area contributed by atoms with E-state index in [-0.39, 0.29) is 18.3 Å². The Kier molecular flexibility index (Phi) is 7.25. The summed E-state index contributed by atoms with van der Waals surface area (Å²) < 4.78 is 5.13. The maximum Gasteiger partial charge on any atom is 0.338 e. The fourth-order valence-electron chi connectivity index (χ4n) is 3.65. The zero-order valence-electron chi connectivity index (χ0n) is 17.2. The number of anilines is 2. The van der Waals surface area contributed by atoms with E-state index in [2.05, 4.69) is 17.1 Å². The molecule has 0 unspecified atom stereocenters. The Labute approximate surface area is 172 Å². The first-order valence-corrected chi connectivity index (χ1v) is 10.3. The molecule has 0 radical (unpaired) electrons. The van der Waals surface area contributed by atoms with Crippen molar-refractivity contribution in [2.75, 3.05) is 49.5 Å². The molecule has 0 atom stereocenters. The van der Waals surface area contributed by atoms with Crippen LogP contribution in [-0.4, -0.2) is 51.2 Å². The molecule has 2 N–H and O–H groups in total. The minimum atomic E-state index is -0.377. The second-order valence-corrected chi connectivity index (χ2v) is 7.25. The van der Waals surface area contributed by atoms with Gasteiger partial charge < -0.3 is 19.9 Å². The number of carbonyl (C=O) groups is 2. The van der Waals surface area contributed by atoms with E-state index in [1.54, 1.807) is 24.0 Å². The van der Waals surface area contributed by atoms with Gasteiger partial charge in [0.05, 0.1) is 62.7 Å². The number of hydrogen-bond donors (Lipinski definition) is 2. The first kappa shape index (κ1) is 20.9. The Bertz CT molecular complexity index is 831. The number of quaternary nitrogens is 1. The number of rotatable bonds is 7. The zero-order chi connectivity index (χ0) is 20.6. The van der Waals surface area contributed by atoms with E-state index in [4.69, 9.17) is 4.74 Å². The highest BCUT2D eigenvalue weighted by atomic mass is 16.5. The first-order chi connectivity index (χ1) is 14.1. The lowest BCUT2D eigenvalue weighted by atomic mass is 10.1. The summed E-state index contributed by atoms with van der Waals surface area (Å²) in [5.74, 6) is -0.478. The average Bonchev–Trinajstić information content (AvgIpc) is 2.74. The molecule has 1 amide bonds. The van der Waals surface area contributed by atoms with Crippen molar-refractivity contribution >= 4 is 23.3 Å². The highest BCUT2D eigenvalue weighted by Crippen LogP contribution is 2.28. The molecule has 1 aliphatic heterocycles. The van der Waals surface area contributed by atoms with Crippen LogP contribution in [0, 0.1) is 0 Å². The van der Waals surface area contributed by atoms with Gasteiger partial charge in [0.1, 0.15) is 0 Å². The van der Waals surface area contributed by atoms with Crippen LogP contribution in [0.4, 0.5) is 11.4 Å². The lowest BCUT2D eigenvalue weighted by molar-refractivity contribution is -0.898. The summed E-state index contributed by atoms with van der Waals surface area (Å²) in [6.45, 7) is 9.39. The maximum atomic E-state index is 12.7. The maximum absolute atomic E-state index is 12.7. The quantitative estimate of drug-likeness (QED) is 0.701. The summed E-state index contributed by atoms with van der Waals surface area (Å²) in [7, 11) is 0. The third-order valence-electron chi connectivity index (χ3n) is 5.30. The average molecular weight is 397 g/mol. The van der Waals surface area contributed by atoms with Gasteiger partial charge in [-0.3, -0.25) is 4.79 Å². The van der Waals surface area contributed by atoms with Gasteiger partial charge in [0.15, 0.2) is 0 Å². The van der Waals surface area contributed by atoms with Gasteiger partial charge in [-0.25, -0.2) is 4.79 Å². The second-order valence-electron chi connectivity index (χ2n) is 7.25. The van der Waals surface area contributed by atoms with E-state index in [0.29, 0.717) is 17.9 Å². The zero-order valence-corrected chi connectivity index (χ0v) is 17.2. The molecule has 1 aliphatic rings.